The monoisotopic (exact) mass is 256 g/mol. The van der Waals surface area contributed by atoms with Crippen LogP contribution in [0, 0.1) is 5.92 Å². The van der Waals surface area contributed by atoms with Gasteiger partial charge in [-0.15, -0.1) is 0 Å². The van der Waals surface area contributed by atoms with Crippen LogP contribution in [0.4, 0.5) is 0 Å². The molecule has 0 rings (SSSR count). The quantitative estimate of drug-likeness (QED) is 0.685. The zero-order chi connectivity index (χ0) is 14.1. The Hall–Kier alpha value is -0.900. The lowest BCUT2D eigenvalue weighted by Crippen LogP contribution is -2.47. The second kappa shape index (κ2) is 9.09. The van der Waals surface area contributed by atoms with E-state index in [1.54, 1.807) is 0 Å². The molecule has 4 heteroatoms. The molecule has 0 radical (unpaired) electrons. The fourth-order valence-electron chi connectivity index (χ4n) is 1.89. The lowest BCUT2D eigenvalue weighted by molar-refractivity contribution is -0.128. The number of ketones is 1. The number of carbonyl (C=O) groups is 2. The summed E-state index contributed by atoms with van der Waals surface area (Å²) in [5.41, 5.74) is 0. The minimum atomic E-state index is -0.359. The maximum Gasteiger partial charge on any atom is 0.234 e. The van der Waals surface area contributed by atoms with Gasteiger partial charge in [0, 0.05) is 0 Å². The van der Waals surface area contributed by atoms with Crippen molar-refractivity contribution in [3.8, 4) is 0 Å². The van der Waals surface area contributed by atoms with E-state index in [9.17, 15) is 9.59 Å². The summed E-state index contributed by atoms with van der Waals surface area (Å²) in [5.74, 6) is 0.106. The predicted octanol–water partition coefficient (Wildman–Crippen LogP) is 1.84. The van der Waals surface area contributed by atoms with Crippen LogP contribution in [0.25, 0.3) is 0 Å². The third-order valence-electron chi connectivity index (χ3n) is 3.06. The minimum absolute atomic E-state index is 0.0231. The Morgan fingerprint density at radius 2 is 1.83 bits per heavy atom. The largest absolute Gasteiger partial charge is 0.345 e. The van der Waals surface area contributed by atoms with Crippen molar-refractivity contribution < 1.29 is 9.59 Å². The first-order chi connectivity index (χ1) is 8.42. The third kappa shape index (κ3) is 6.74. The van der Waals surface area contributed by atoms with Gasteiger partial charge in [-0.2, -0.15) is 0 Å². The van der Waals surface area contributed by atoms with E-state index in [4.69, 9.17) is 0 Å². The van der Waals surface area contributed by atoms with Gasteiger partial charge in [0.25, 0.3) is 0 Å². The molecule has 0 aliphatic carbocycles. The highest BCUT2D eigenvalue weighted by Gasteiger charge is 2.21. The Morgan fingerprint density at radius 3 is 2.22 bits per heavy atom. The van der Waals surface area contributed by atoms with Gasteiger partial charge in [0.05, 0.1) is 12.6 Å². The summed E-state index contributed by atoms with van der Waals surface area (Å²) < 4.78 is 0. The highest BCUT2D eigenvalue weighted by atomic mass is 16.2. The van der Waals surface area contributed by atoms with Crippen LogP contribution < -0.4 is 5.32 Å². The molecular weight excluding hydrogens is 228 g/mol. The molecule has 1 amide bonds. The topological polar surface area (TPSA) is 49.4 Å². The molecule has 1 unspecified atom stereocenters. The average Bonchev–Trinajstić information content (AvgIpc) is 2.30. The number of amides is 1. The first kappa shape index (κ1) is 17.1. The summed E-state index contributed by atoms with van der Waals surface area (Å²) in [6.45, 7) is 11.8. The number of hydrogen-bond acceptors (Lipinski definition) is 3. The molecular formula is C14H28N2O2. The smallest absolute Gasteiger partial charge is 0.234 e. The van der Waals surface area contributed by atoms with Gasteiger partial charge in [-0.05, 0) is 32.4 Å². The predicted molar refractivity (Wildman–Crippen MR) is 74.5 cm³/mol. The summed E-state index contributed by atoms with van der Waals surface area (Å²) in [6.07, 6.45) is 2.22. The molecule has 0 aliphatic rings. The SMILES string of the molecule is CCCCN(CC)CC(=O)NC(C(C)=O)C(C)C. The molecule has 4 nitrogen and oxygen atoms in total. The Morgan fingerprint density at radius 1 is 1.22 bits per heavy atom. The summed E-state index contributed by atoms with van der Waals surface area (Å²) in [5, 5.41) is 2.83. The second-order valence-electron chi connectivity index (χ2n) is 5.12. The molecule has 0 aromatic carbocycles. The first-order valence-corrected chi connectivity index (χ1v) is 6.94. The molecule has 106 valence electrons. The first-order valence-electron chi connectivity index (χ1n) is 6.94. The number of rotatable bonds is 9. The minimum Gasteiger partial charge on any atom is -0.345 e. The van der Waals surface area contributed by atoms with E-state index in [0.29, 0.717) is 6.54 Å². The Kier molecular flexibility index (Phi) is 8.63. The van der Waals surface area contributed by atoms with Gasteiger partial charge in [-0.3, -0.25) is 14.5 Å². The number of carbonyl (C=O) groups excluding carboxylic acids is 2. The van der Waals surface area contributed by atoms with Crippen LogP contribution in [-0.4, -0.2) is 42.3 Å². The molecule has 0 bridgehead atoms. The van der Waals surface area contributed by atoms with Gasteiger partial charge in [0.15, 0.2) is 5.78 Å². The zero-order valence-electron chi connectivity index (χ0n) is 12.5. The van der Waals surface area contributed by atoms with E-state index in [1.165, 1.54) is 6.92 Å². The number of Topliss-reactive ketones (excluding diaryl/α,β-unsaturated/α-hetero) is 1. The van der Waals surface area contributed by atoms with Crippen molar-refractivity contribution in [2.75, 3.05) is 19.6 Å². The average molecular weight is 256 g/mol. The number of unbranched alkanes of at least 4 members (excludes halogenated alkanes) is 1. The van der Waals surface area contributed by atoms with Crippen molar-refractivity contribution in [3.05, 3.63) is 0 Å². The number of nitrogens with zero attached hydrogens (tertiary/aromatic N) is 1. The van der Waals surface area contributed by atoms with E-state index in [2.05, 4.69) is 17.1 Å². The maximum atomic E-state index is 11.9. The van der Waals surface area contributed by atoms with Crippen LogP contribution in [0.5, 0.6) is 0 Å². The van der Waals surface area contributed by atoms with Gasteiger partial charge in [-0.1, -0.05) is 34.1 Å². The van der Waals surface area contributed by atoms with Gasteiger partial charge in [0.2, 0.25) is 5.91 Å². The summed E-state index contributed by atoms with van der Waals surface area (Å²) in [7, 11) is 0. The number of nitrogens with one attached hydrogen (secondary N) is 1. The van der Waals surface area contributed by atoms with Crippen molar-refractivity contribution in [2.24, 2.45) is 5.92 Å². The molecule has 0 heterocycles. The molecule has 1 N–H and O–H groups in total. The van der Waals surface area contributed by atoms with E-state index in [1.807, 2.05) is 20.8 Å². The summed E-state index contributed by atoms with van der Waals surface area (Å²) in [6, 6.07) is -0.359. The van der Waals surface area contributed by atoms with Crippen LogP contribution in [-0.2, 0) is 9.59 Å². The van der Waals surface area contributed by atoms with Crippen LogP contribution in [0.3, 0.4) is 0 Å². The molecule has 1 atom stereocenters. The van der Waals surface area contributed by atoms with Crippen LogP contribution >= 0.6 is 0 Å². The molecule has 0 fully saturated rings. The van der Waals surface area contributed by atoms with Crippen molar-refractivity contribution in [3.63, 3.8) is 0 Å². The van der Waals surface area contributed by atoms with Crippen molar-refractivity contribution in [2.45, 2.75) is 53.5 Å². The van der Waals surface area contributed by atoms with Crippen LogP contribution in [0.1, 0.15) is 47.5 Å². The fourth-order valence-corrected chi connectivity index (χ4v) is 1.89. The van der Waals surface area contributed by atoms with Gasteiger partial charge >= 0.3 is 0 Å². The molecule has 0 saturated heterocycles. The molecule has 18 heavy (non-hydrogen) atoms. The van der Waals surface area contributed by atoms with Crippen LogP contribution in [0.15, 0.2) is 0 Å². The second-order valence-corrected chi connectivity index (χ2v) is 5.12. The van der Waals surface area contributed by atoms with Crippen molar-refractivity contribution in [1.29, 1.82) is 0 Å². The molecule has 0 saturated carbocycles. The molecule has 0 spiro atoms. The Balaban J connectivity index is 4.25. The normalized spacial score (nSPS) is 12.8. The van der Waals surface area contributed by atoms with Gasteiger partial charge in [-0.25, -0.2) is 0 Å². The van der Waals surface area contributed by atoms with E-state index < -0.39 is 0 Å². The Labute approximate surface area is 111 Å². The number of hydrogen-bond donors (Lipinski definition) is 1. The third-order valence-corrected chi connectivity index (χ3v) is 3.06. The molecule has 0 aliphatic heterocycles. The lowest BCUT2D eigenvalue weighted by Gasteiger charge is -2.23. The van der Waals surface area contributed by atoms with E-state index in [-0.39, 0.29) is 23.7 Å². The van der Waals surface area contributed by atoms with Crippen molar-refractivity contribution >= 4 is 11.7 Å². The lowest BCUT2D eigenvalue weighted by atomic mass is 10.0. The van der Waals surface area contributed by atoms with Gasteiger partial charge in [0.1, 0.15) is 0 Å². The van der Waals surface area contributed by atoms with E-state index in [0.717, 1.165) is 25.9 Å². The maximum absolute atomic E-state index is 11.9. The standard InChI is InChI=1S/C14H28N2O2/c1-6-8-9-16(7-2)10-13(18)15-14(11(3)4)12(5)17/h11,14H,6-10H2,1-5H3,(H,15,18). The highest BCUT2D eigenvalue weighted by Crippen LogP contribution is 2.03. The fraction of sp³-hybridized carbons (Fsp3) is 0.857. The van der Waals surface area contributed by atoms with Crippen molar-refractivity contribution in [1.82, 2.24) is 10.2 Å². The van der Waals surface area contributed by atoms with Crippen LogP contribution in [0.2, 0.25) is 0 Å². The summed E-state index contributed by atoms with van der Waals surface area (Å²) >= 11 is 0. The molecule has 0 aromatic heterocycles. The van der Waals surface area contributed by atoms with Gasteiger partial charge < -0.3 is 5.32 Å². The summed E-state index contributed by atoms with van der Waals surface area (Å²) in [4.78, 5) is 25.4. The number of likely N-dealkylation sites (N-methyl/N-ethyl adjacent to an activating group) is 1. The molecule has 0 aromatic rings. The van der Waals surface area contributed by atoms with E-state index >= 15 is 0 Å². The zero-order valence-corrected chi connectivity index (χ0v) is 12.5. The Bertz CT molecular complexity index is 265. The highest BCUT2D eigenvalue weighted by molar-refractivity contribution is 5.88.